The summed E-state index contributed by atoms with van der Waals surface area (Å²) >= 11 is 0. The van der Waals surface area contributed by atoms with Crippen LogP contribution in [-0.4, -0.2) is 12.1 Å². The number of furan rings is 1. The van der Waals surface area contributed by atoms with Crippen molar-refractivity contribution in [1.82, 2.24) is 5.43 Å². The molecule has 0 atom stereocenters. The van der Waals surface area contributed by atoms with Gasteiger partial charge in [0.15, 0.2) is 0 Å². The van der Waals surface area contributed by atoms with E-state index in [1.165, 1.54) is 11.8 Å². The number of hydrogen-bond donors (Lipinski definition) is 1. The van der Waals surface area contributed by atoms with Gasteiger partial charge in [0, 0.05) is 0 Å². The zero-order valence-corrected chi connectivity index (χ0v) is 11.2. The normalized spacial score (nSPS) is 10.9. The fourth-order valence-corrected chi connectivity index (χ4v) is 1.81. The molecule has 2 rings (SSSR count). The van der Waals surface area contributed by atoms with E-state index in [-0.39, 0.29) is 5.91 Å². The molecular formula is C15H16N2O2. The molecule has 19 heavy (non-hydrogen) atoms. The van der Waals surface area contributed by atoms with Gasteiger partial charge in [0.1, 0.15) is 5.76 Å². The van der Waals surface area contributed by atoms with Crippen LogP contribution in [-0.2, 0) is 0 Å². The van der Waals surface area contributed by atoms with Gasteiger partial charge in [-0.25, -0.2) is 5.43 Å². The van der Waals surface area contributed by atoms with Crippen molar-refractivity contribution in [2.24, 2.45) is 5.10 Å². The second kappa shape index (κ2) is 5.52. The minimum absolute atomic E-state index is 0.271. The number of carbonyl (C=O) groups is 1. The fraction of sp³-hybridized carbons (Fsp3) is 0.200. The molecule has 1 aromatic carbocycles. The minimum Gasteiger partial charge on any atom is -0.469 e. The highest BCUT2D eigenvalue weighted by Crippen LogP contribution is 2.09. The third-order valence-electron chi connectivity index (χ3n) is 2.90. The summed E-state index contributed by atoms with van der Waals surface area (Å²) in [6, 6.07) is 7.68. The number of nitrogens with zero attached hydrogens (tertiary/aromatic N) is 1. The van der Waals surface area contributed by atoms with Gasteiger partial charge in [-0.1, -0.05) is 23.8 Å². The molecule has 0 unspecified atom stereocenters. The van der Waals surface area contributed by atoms with Crippen LogP contribution in [0.4, 0.5) is 0 Å². The van der Waals surface area contributed by atoms with Crippen molar-refractivity contribution in [2.75, 3.05) is 0 Å². The maximum Gasteiger partial charge on any atom is 0.274 e. The van der Waals surface area contributed by atoms with Gasteiger partial charge in [0.25, 0.3) is 5.91 Å². The third kappa shape index (κ3) is 3.10. The number of carbonyl (C=O) groups excluding carboxylic acids is 1. The second-order valence-corrected chi connectivity index (χ2v) is 4.45. The van der Waals surface area contributed by atoms with Gasteiger partial charge in [-0.2, -0.15) is 5.10 Å². The van der Waals surface area contributed by atoms with Gasteiger partial charge in [0.2, 0.25) is 0 Å². The molecule has 1 amide bonds. The van der Waals surface area contributed by atoms with Gasteiger partial charge in [-0.3, -0.25) is 4.79 Å². The monoisotopic (exact) mass is 256 g/mol. The van der Waals surface area contributed by atoms with E-state index < -0.39 is 0 Å². The molecule has 2 aromatic rings. The van der Waals surface area contributed by atoms with Crippen LogP contribution in [0.15, 0.2) is 40.0 Å². The van der Waals surface area contributed by atoms with E-state index in [0.717, 1.165) is 11.1 Å². The standard InChI is InChI=1S/C15H16N2O2/c1-10-4-5-13(11(2)8-10)9-16-17-15(18)14-6-7-19-12(14)3/h4-9H,1-3H3,(H,17,18)/b16-9+. The van der Waals surface area contributed by atoms with E-state index in [0.29, 0.717) is 11.3 Å². The molecule has 0 saturated carbocycles. The number of hydrazone groups is 1. The first-order valence-electron chi connectivity index (χ1n) is 6.02. The van der Waals surface area contributed by atoms with Gasteiger partial charge in [0.05, 0.1) is 18.0 Å². The first-order valence-corrected chi connectivity index (χ1v) is 6.02. The topological polar surface area (TPSA) is 54.6 Å². The SMILES string of the molecule is Cc1ccc(/C=N/NC(=O)c2ccoc2C)c(C)c1. The van der Waals surface area contributed by atoms with E-state index >= 15 is 0 Å². The van der Waals surface area contributed by atoms with E-state index in [1.54, 1.807) is 19.2 Å². The summed E-state index contributed by atoms with van der Waals surface area (Å²) in [6.45, 7) is 5.79. The number of benzene rings is 1. The largest absolute Gasteiger partial charge is 0.469 e. The maximum atomic E-state index is 11.8. The van der Waals surface area contributed by atoms with Gasteiger partial charge >= 0.3 is 0 Å². The van der Waals surface area contributed by atoms with Crippen LogP contribution < -0.4 is 5.43 Å². The molecule has 1 heterocycles. The van der Waals surface area contributed by atoms with Crippen molar-refractivity contribution in [2.45, 2.75) is 20.8 Å². The molecule has 4 nitrogen and oxygen atoms in total. The van der Waals surface area contributed by atoms with Crippen LogP contribution in [0.25, 0.3) is 0 Å². The van der Waals surface area contributed by atoms with Crippen LogP contribution in [0.1, 0.15) is 32.8 Å². The summed E-state index contributed by atoms with van der Waals surface area (Å²) in [5.74, 6) is 0.312. The predicted octanol–water partition coefficient (Wildman–Crippen LogP) is 2.97. The molecule has 0 saturated heterocycles. The summed E-state index contributed by atoms with van der Waals surface area (Å²) in [7, 11) is 0. The average Bonchev–Trinajstić information content (AvgIpc) is 2.78. The van der Waals surface area contributed by atoms with Crippen LogP contribution in [0, 0.1) is 20.8 Å². The number of amides is 1. The van der Waals surface area contributed by atoms with Gasteiger partial charge in [-0.05, 0) is 38.0 Å². The molecule has 4 heteroatoms. The quantitative estimate of drug-likeness (QED) is 0.678. The lowest BCUT2D eigenvalue weighted by atomic mass is 10.1. The Morgan fingerprint density at radius 1 is 1.26 bits per heavy atom. The molecule has 0 fully saturated rings. The Balaban J connectivity index is 2.04. The summed E-state index contributed by atoms with van der Waals surface area (Å²) in [5.41, 5.74) is 6.29. The lowest BCUT2D eigenvalue weighted by molar-refractivity contribution is 0.0953. The number of nitrogens with one attached hydrogen (secondary N) is 1. The first kappa shape index (κ1) is 13.1. The number of hydrogen-bond acceptors (Lipinski definition) is 3. The van der Waals surface area contributed by atoms with Crippen LogP contribution >= 0.6 is 0 Å². The molecule has 0 bridgehead atoms. The predicted molar refractivity (Wildman–Crippen MR) is 74.4 cm³/mol. The smallest absolute Gasteiger partial charge is 0.274 e. The van der Waals surface area contributed by atoms with E-state index in [9.17, 15) is 4.79 Å². The summed E-state index contributed by atoms with van der Waals surface area (Å²) in [4.78, 5) is 11.8. The third-order valence-corrected chi connectivity index (χ3v) is 2.90. The van der Waals surface area contributed by atoms with Crippen molar-refractivity contribution in [3.63, 3.8) is 0 Å². The van der Waals surface area contributed by atoms with Crippen molar-refractivity contribution in [1.29, 1.82) is 0 Å². The Bertz CT molecular complexity index is 627. The molecule has 0 aliphatic carbocycles. The van der Waals surface area contributed by atoms with Crippen molar-refractivity contribution in [3.05, 3.63) is 58.5 Å². The lowest BCUT2D eigenvalue weighted by Crippen LogP contribution is -2.17. The van der Waals surface area contributed by atoms with Gasteiger partial charge < -0.3 is 4.42 Å². The van der Waals surface area contributed by atoms with Gasteiger partial charge in [-0.15, -0.1) is 0 Å². The van der Waals surface area contributed by atoms with Crippen molar-refractivity contribution < 1.29 is 9.21 Å². The Labute approximate surface area is 112 Å². The summed E-state index contributed by atoms with van der Waals surface area (Å²) in [5, 5.41) is 3.96. The molecule has 1 aromatic heterocycles. The maximum absolute atomic E-state index is 11.8. The van der Waals surface area contributed by atoms with Crippen molar-refractivity contribution in [3.8, 4) is 0 Å². The Morgan fingerprint density at radius 3 is 2.68 bits per heavy atom. The molecule has 1 N–H and O–H groups in total. The van der Waals surface area contributed by atoms with Crippen molar-refractivity contribution >= 4 is 12.1 Å². The van der Waals surface area contributed by atoms with Crippen LogP contribution in [0.2, 0.25) is 0 Å². The highest BCUT2D eigenvalue weighted by molar-refractivity contribution is 5.95. The molecule has 0 radical (unpaired) electrons. The highest BCUT2D eigenvalue weighted by atomic mass is 16.3. The second-order valence-electron chi connectivity index (χ2n) is 4.45. The van der Waals surface area contributed by atoms with Crippen LogP contribution in [0.5, 0.6) is 0 Å². The van der Waals surface area contributed by atoms with E-state index in [4.69, 9.17) is 4.42 Å². The lowest BCUT2D eigenvalue weighted by Gasteiger charge is -2.01. The number of rotatable bonds is 3. The summed E-state index contributed by atoms with van der Waals surface area (Å²) in [6.07, 6.45) is 3.13. The zero-order chi connectivity index (χ0) is 13.8. The minimum atomic E-state index is -0.271. The molecular weight excluding hydrogens is 240 g/mol. The van der Waals surface area contributed by atoms with Crippen LogP contribution in [0.3, 0.4) is 0 Å². The number of aryl methyl sites for hydroxylation is 3. The molecule has 0 aliphatic heterocycles. The highest BCUT2D eigenvalue weighted by Gasteiger charge is 2.09. The zero-order valence-electron chi connectivity index (χ0n) is 11.2. The first-order chi connectivity index (χ1) is 9.08. The Morgan fingerprint density at radius 2 is 2.05 bits per heavy atom. The fourth-order valence-electron chi connectivity index (χ4n) is 1.81. The average molecular weight is 256 g/mol. The summed E-state index contributed by atoms with van der Waals surface area (Å²) < 4.78 is 5.07. The van der Waals surface area contributed by atoms with E-state index in [1.807, 2.05) is 26.0 Å². The molecule has 0 spiro atoms. The Hall–Kier alpha value is -2.36. The van der Waals surface area contributed by atoms with E-state index in [2.05, 4.69) is 16.6 Å². The Kier molecular flexibility index (Phi) is 3.80. The molecule has 98 valence electrons. The molecule has 0 aliphatic rings.